The molecular weight excluding hydrogens is 304 g/mol. The Labute approximate surface area is 141 Å². The van der Waals surface area contributed by atoms with Crippen LogP contribution in [0.2, 0.25) is 0 Å². The van der Waals surface area contributed by atoms with E-state index in [1.165, 1.54) is 13.0 Å². The Hall–Kier alpha value is -2.82. The van der Waals surface area contributed by atoms with Gasteiger partial charge in [-0.1, -0.05) is 36.4 Å². The minimum absolute atomic E-state index is 0.0632. The lowest BCUT2D eigenvalue weighted by atomic mass is 10.2. The van der Waals surface area contributed by atoms with E-state index in [0.717, 1.165) is 11.3 Å². The Bertz CT molecular complexity index is 766. The zero-order valence-corrected chi connectivity index (χ0v) is 14.1. The number of hydrogen-bond acceptors (Lipinski definition) is 3. The first-order valence-corrected chi connectivity index (χ1v) is 7.74. The molecule has 0 fully saturated rings. The van der Waals surface area contributed by atoms with E-state index >= 15 is 0 Å². The first kappa shape index (κ1) is 17.5. The Kier molecular flexibility index (Phi) is 5.95. The van der Waals surface area contributed by atoms with Crippen molar-refractivity contribution >= 4 is 5.91 Å². The topological polar surface area (TPSA) is 51.5 Å². The van der Waals surface area contributed by atoms with Crippen LogP contribution in [0.3, 0.4) is 0 Å². The maximum absolute atomic E-state index is 12.3. The van der Waals surface area contributed by atoms with E-state index in [1.807, 2.05) is 37.4 Å². The van der Waals surface area contributed by atoms with Crippen molar-refractivity contribution < 1.29 is 9.53 Å². The van der Waals surface area contributed by atoms with Crippen LogP contribution in [0.5, 0.6) is 5.75 Å². The number of amides is 1. The van der Waals surface area contributed by atoms with Crippen LogP contribution in [0.4, 0.5) is 0 Å². The normalized spacial score (nSPS) is 10.2. The predicted molar refractivity (Wildman–Crippen MR) is 93.7 cm³/mol. The number of pyridine rings is 1. The monoisotopic (exact) mass is 326 g/mol. The molecule has 126 valence electrons. The van der Waals surface area contributed by atoms with E-state index in [2.05, 4.69) is 6.58 Å². The molecule has 0 saturated carbocycles. The van der Waals surface area contributed by atoms with Gasteiger partial charge in [0.2, 0.25) is 11.3 Å². The third-order valence-corrected chi connectivity index (χ3v) is 3.69. The van der Waals surface area contributed by atoms with Gasteiger partial charge in [0.1, 0.15) is 6.61 Å². The van der Waals surface area contributed by atoms with Gasteiger partial charge < -0.3 is 14.2 Å². The number of aryl methyl sites for hydroxylation is 1. The largest absolute Gasteiger partial charge is 0.483 e. The predicted octanol–water partition coefficient (Wildman–Crippen LogP) is 2.50. The lowest BCUT2D eigenvalue weighted by Gasteiger charge is -2.21. The number of hydrogen-bond donors (Lipinski definition) is 0. The van der Waals surface area contributed by atoms with Crippen LogP contribution < -0.4 is 10.2 Å². The van der Waals surface area contributed by atoms with Crippen LogP contribution >= 0.6 is 0 Å². The number of ether oxygens (including phenoxy) is 1. The number of aromatic nitrogens is 1. The molecule has 0 unspecified atom stereocenters. The molecule has 0 aliphatic rings. The molecule has 0 aliphatic heterocycles. The van der Waals surface area contributed by atoms with E-state index in [-0.39, 0.29) is 11.3 Å². The van der Waals surface area contributed by atoms with Gasteiger partial charge in [-0.05, 0) is 5.56 Å². The summed E-state index contributed by atoms with van der Waals surface area (Å²) in [4.78, 5) is 25.5. The van der Waals surface area contributed by atoms with Gasteiger partial charge in [-0.25, -0.2) is 0 Å². The Morgan fingerprint density at radius 3 is 2.67 bits per heavy atom. The highest BCUT2D eigenvalue weighted by molar-refractivity contribution is 5.73. The average molecular weight is 326 g/mol. The standard InChI is InChI=1S/C19H22N2O3/c1-4-10-21(15(2)22)12-17-11-18(23)19(13-20(17)3)24-14-16-8-6-5-7-9-16/h4-9,11,13H,1,10,12,14H2,2-3H3. The summed E-state index contributed by atoms with van der Waals surface area (Å²) in [7, 11) is 1.83. The van der Waals surface area contributed by atoms with Crippen molar-refractivity contribution in [3.8, 4) is 5.75 Å². The van der Waals surface area contributed by atoms with Crippen LogP contribution in [0.1, 0.15) is 18.2 Å². The highest BCUT2D eigenvalue weighted by Gasteiger charge is 2.12. The minimum Gasteiger partial charge on any atom is -0.483 e. The fourth-order valence-electron chi connectivity index (χ4n) is 2.30. The molecule has 1 aromatic heterocycles. The molecule has 1 aromatic carbocycles. The van der Waals surface area contributed by atoms with Gasteiger partial charge in [0, 0.05) is 32.3 Å². The fourth-order valence-corrected chi connectivity index (χ4v) is 2.30. The highest BCUT2D eigenvalue weighted by atomic mass is 16.5. The van der Waals surface area contributed by atoms with Crippen molar-refractivity contribution in [2.45, 2.75) is 20.1 Å². The average Bonchev–Trinajstić information content (AvgIpc) is 2.56. The van der Waals surface area contributed by atoms with Crippen molar-refractivity contribution in [3.05, 3.63) is 76.7 Å². The lowest BCUT2D eigenvalue weighted by molar-refractivity contribution is -0.128. The van der Waals surface area contributed by atoms with E-state index < -0.39 is 0 Å². The van der Waals surface area contributed by atoms with Gasteiger partial charge in [0.05, 0.1) is 12.7 Å². The van der Waals surface area contributed by atoms with Gasteiger partial charge in [-0.3, -0.25) is 9.59 Å². The van der Waals surface area contributed by atoms with Gasteiger partial charge in [0.15, 0.2) is 5.75 Å². The van der Waals surface area contributed by atoms with Gasteiger partial charge in [0.25, 0.3) is 0 Å². The molecule has 1 heterocycles. The van der Waals surface area contributed by atoms with Crippen LogP contribution in [0.25, 0.3) is 0 Å². The number of rotatable bonds is 7. The van der Waals surface area contributed by atoms with E-state index in [1.54, 1.807) is 21.7 Å². The van der Waals surface area contributed by atoms with Gasteiger partial charge >= 0.3 is 0 Å². The SMILES string of the molecule is C=CCN(Cc1cc(=O)c(OCc2ccccc2)cn1C)C(C)=O. The Balaban J connectivity index is 2.14. The number of nitrogens with zero attached hydrogens (tertiary/aromatic N) is 2. The van der Waals surface area contributed by atoms with Crippen LogP contribution in [0, 0.1) is 0 Å². The van der Waals surface area contributed by atoms with Crippen molar-refractivity contribution in [1.29, 1.82) is 0 Å². The Morgan fingerprint density at radius 2 is 2.04 bits per heavy atom. The second-order valence-corrected chi connectivity index (χ2v) is 5.57. The fraction of sp³-hybridized carbons (Fsp3) is 0.263. The minimum atomic E-state index is -0.193. The molecule has 0 aliphatic carbocycles. The van der Waals surface area contributed by atoms with E-state index in [9.17, 15) is 9.59 Å². The van der Waals surface area contributed by atoms with Crippen molar-refractivity contribution in [2.75, 3.05) is 6.54 Å². The van der Waals surface area contributed by atoms with Gasteiger partial charge in [-0.15, -0.1) is 6.58 Å². The molecule has 0 saturated heterocycles. The molecule has 5 heteroatoms. The first-order chi connectivity index (χ1) is 11.5. The summed E-state index contributed by atoms with van der Waals surface area (Å²) in [5, 5.41) is 0. The van der Waals surface area contributed by atoms with Crippen molar-refractivity contribution in [1.82, 2.24) is 9.47 Å². The maximum Gasteiger partial charge on any atom is 0.223 e. The zero-order chi connectivity index (χ0) is 17.5. The van der Waals surface area contributed by atoms with Crippen LogP contribution in [-0.2, 0) is 25.0 Å². The molecule has 2 rings (SSSR count). The number of carbonyl (C=O) groups is 1. The molecule has 1 amide bonds. The molecule has 0 radical (unpaired) electrons. The van der Waals surface area contributed by atoms with Crippen molar-refractivity contribution in [2.24, 2.45) is 7.05 Å². The summed E-state index contributed by atoms with van der Waals surface area (Å²) in [6.45, 7) is 6.28. The quantitative estimate of drug-likeness (QED) is 0.735. The first-order valence-electron chi connectivity index (χ1n) is 7.74. The molecule has 2 aromatic rings. The summed E-state index contributed by atoms with van der Waals surface area (Å²) in [5.74, 6) is 0.231. The third kappa shape index (κ3) is 4.59. The second-order valence-electron chi connectivity index (χ2n) is 5.57. The van der Waals surface area contributed by atoms with Crippen LogP contribution in [0.15, 0.2) is 60.0 Å². The van der Waals surface area contributed by atoms with Crippen molar-refractivity contribution in [3.63, 3.8) is 0 Å². The van der Waals surface area contributed by atoms with E-state index in [4.69, 9.17) is 4.74 Å². The Morgan fingerprint density at radius 1 is 1.33 bits per heavy atom. The molecule has 0 spiro atoms. The molecule has 0 N–H and O–H groups in total. The number of benzene rings is 1. The summed E-state index contributed by atoms with van der Waals surface area (Å²) >= 11 is 0. The van der Waals surface area contributed by atoms with Gasteiger partial charge in [-0.2, -0.15) is 0 Å². The molecule has 0 bridgehead atoms. The highest BCUT2D eigenvalue weighted by Crippen LogP contribution is 2.11. The zero-order valence-electron chi connectivity index (χ0n) is 14.1. The second kappa shape index (κ2) is 8.15. The number of carbonyl (C=O) groups excluding carboxylic acids is 1. The third-order valence-electron chi connectivity index (χ3n) is 3.69. The summed E-state index contributed by atoms with van der Waals surface area (Å²) in [5.41, 5.74) is 1.54. The smallest absolute Gasteiger partial charge is 0.223 e. The maximum atomic E-state index is 12.3. The molecule has 24 heavy (non-hydrogen) atoms. The summed E-state index contributed by atoms with van der Waals surface area (Å²) in [6, 6.07) is 11.2. The van der Waals surface area contributed by atoms with E-state index in [0.29, 0.717) is 25.4 Å². The molecular formula is C19H22N2O3. The molecule has 5 nitrogen and oxygen atoms in total. The summed E-state index contributed by atoms with van der Waals surface area (Å²) in [6.07, 6.45) is 3.32. The molecule has 0 atom stereocenters. The van der Waals surface area contributed by atoms with Crippen LogP contribution in [-0.4, -0.2) is 21.9 Å². The lowest BCUT2D eigenvalue weighted by Crippen LogP contribution is -2.30. The summed E-state index contributed by atoms with van der Waals surface area (Å²) < 4.78 is 7.43.